The van der Waals surface area contributed by atoms with Crippen LogP contribution in [0.5, 0.6) is 5.88 Å². The van der Waals surface area contributed by atoms with Crippen LogP contribution < -0.4 is 15.8 Å². The Kier molecular flexibility index (Phi) is 7.87. The monoisotopic (exact) mass is 294 g/mol. The van der Waals surface area contributed by atoms with Crippen molar-refractivity contribution in [2.75, 3.05) is 24.2 Å². The molecule has 0 amide bonds. The second kappa shape index (κ2) is 9.42. The van der Waals surface area contributed by atoms with E-state index in [2.05, 4.69) is 43.0 Å². The maximum absolute atomic E-state index is 6.13. The zero-order chi connectivity index (χ0) is 15.7. The quantitative estimate of drug-likeness (QED) is 0.644. The third-order valence-corrected chi connectivity index (χ3v) is 3.18. The first-order valence-corrected chi connectivity index (χ1v) is 8.11. The number of aromatic nitrogens is 2. The van der Waals surface area contributed by atoms with Crippen LogP contribution >= 0.6 is 0 Å². The zero-order valence-corrected chi connectivity index (χ0v) is 13.9. The van der Waals surface area contributed by atoms with E-state index in [1.807, 2.05) is 0 Å². The second-order valence-corrected chi connectivity index (χ2v) is 5.77. The molecule has 1 rings (SSSR count). The molecule has 0 aromatic carbocycles. The number of aryl methyl sites for hydroxylation is 1. The van der Waals surface area contributed by atoms with Gasteiger partial charge in [0.25, 0.3) is 0 Å². The second-order valence-electron chi connectivity index (χ2n) is 5.77. The number of hydrogen-bond donors (Lipinski definition) is 2. The van der Waals surface area contributed by atoms with E-state index in [1.165, 1.54) is 0 Å². The van der Waals surface area contributed by atoms with Crippen LogP contribution in [-0.4, -0.2) is 23.1 Å². The Morgan fingerprint density at radius 2 is 1.95 bits per heavy atom. The Morgan fingerprint density at radius 3 is 2.57 bits per heavy atom. The Balaban J connectivity index is 2.82. The van der Waals surface area contributed by atoms with Gasteiger partial charge in [0.15, 0.2) is 5.82 Å². The van der Waals surface area contributed by atoms with Crippen LogP contribution in [0.15, 0.2) is 0 Å². The smallest absolute Gasteiger partial charge is 0.242 e. The van der Waals surface area contributed by atoms with Crippen molar-refractivity contribution in [2.45, 2.75) is 59.8 Å². The number of nitrogens with zero attached hydrogens (tertiary/aromatic N) is 2. The van der Waals surface area contributed by atoms with E-state index in [1.54, 1.807) is 0 Å². The predicted octanol–water partition coefficient (Wildman–Crippen LogP) is 3.65. The summed E-state index contributed by atoms with van der Waals surface area (Å²) in [5.74, 6) is 2.68. The van der Waals surface area contributed by atoms with Crippen LogP contribution in [0, 0.1) is 5.92 Å². The largest absolute Gasteiger partial charge is 0.476 e. The summed E-state index contributed by atoms with van der Waals surface area (Å²) in [5.41, 5.74) is 6.66. The van der Waals surface area contributed by atoms with Gasteiger partial charge in [-0.1, -0.05) is 34.1 Å². The molecule has 5 heteroatoms. The number of nitrogen functional groups attached to an aromatic ring is 1. The van der Waals surface area contributed by atoms with E-state index in [0.29, 0.717) is 29.9 Å². The molecule has 5 nitrogen and oxygen atoms in total. The van der Waals surface area contributed by atoms with Crippen molar-refractivity contribution in [1.82, 2.24) is 9.97 Å². The van der Waals surface area contributed by atoms with Crippen LogP contribution in [-0.2, 0) is 6.42 Å². The van der Waals surface area contributed by atoms with E-state index in [-0.39, 0.29) is 0 Å². The van der Waals surface area contributed by atoms with Crippen LogP contribution in [0.3, 0.4) is 0 Å². The van der Waals surface area contributed by atoms with Gasteiger partial charge in [0.05, 0.1) is 6.61 Å². The van der Waals surface area contributed by atoms with Crippen molar-refractivity contribution in [3.8, 4) is 5.88 Å². The van der Waals surface area contributed by atoms with Gasteiger partial charge < -0.3 is 15.8 Å². The molecule has 0 fully saturated rings. The highest BCUT2D eigenvalue weighted by atomic mass is 16.5. The summed E-state index contributed by atoms with van der Waals surface area (Å²) >= 11 is 0. The molecule has 0 aliphatic carbocycles. The first kappa shape index (κ1) is 17.5. The predicted molar refractivity (Wildman–Crippen MR) is 88.8 cm³/mol. The first-order chi connectivity index (χ1) is 10.1. The summed E-state index contributed by atoms with van der Waals surface area (Å²) in [7, 11) is 0. The van der Waals surface area contributed by atoms with Gasteiger partial charge in [-0.05, 0) is 25.2 Å². The zero-order valence-electron chi connectivity index (χ0n) is 13.9. The first-order valence-electron chi connectivity index (χ1n) is 8.11. The molecular weight excluding hydrogens is 264 g/mol. The highest BCUT2D eigenvalue weighted by molar-refractivity contribution is 5.66. The molecule has 1 heterocycles. The summed E-state index contributed by atoms with van der Waals surface area (Å²) in [5, 5.41) is 3.32. The summed E-state index contributed by atoms with van der Waals surface area (Å²) in [4.78, 5) is 8.96. The fraction of sp³-hybridized carbons (Fsp3) is 0.750. The molecule has 1 aromatic heterocycles. The highest BCUT2D eigenvalue weighted by Crippen LogP contribution is 2.26. The molecule has 0 aliphatic rings. The molecule has 3 N–H and O–H groups in total. The van der Waals surface area contributed by atoms with Gasteiger partial charge in [-0.25, -0.2) is 4.98 Å². The van der Waals surface area contributed by atoms with E-state index in [9.17, 15) is 0 Å². The van der Waals surface area contributed by atoms with E-state index >= 15 is 0 Å². The van der Waals surface area contributed by atoms with Gasteiger partial charge in [0.1, 0.15) is 11.5 Å². The third kappa shape index (κ3) is 6.19. The summed E-state index contributed by atoms with van der Waals surface area (Å²) in [6.45, 7) is 10.2. The van der Waals surface area contributed by atoms with E-state index in [4.69, 9.17) is 10.5 Å². The van der Waals surface area contributed by atoms with Crippen molar-refractivity contribution in [2.24, 2.45) is 5.92 Å². The Morgan fingerprint density at radius 1 is 1.19 bits per heavy atom. The van der Waals surface area contributed by atoms with Gasteiger partial charge in [0, 0.05) is 13.0 Å². The topological polar surface area (TPSA) is 73.1 Å². The number of hydrogen-bond acceptors (Lipinski definition) is 5. The number of rotatable bonds is 10. The fourth-order valence-electron chi connectivity index (χ4n) is 1.87. The SMILES string of the molecule is CCCCOc1nc(CCC)nc(NCCC(C)C)c1N. The number of nitrogens with one attached hydrogen (secondary N) is 1. The molecule has 0 spiro atoms. The lowest BCUT2D eigenvalue weighted by atomic mass is 10.1. The van der Waals surface area contributed by atoms with Gasteiger partial charge in [-0.15, -0.1) is 0 Å². The third-order valence-electron chi connectivity index (χ3n) is 3.18. The fourth-order valence-corrected chi connectivity index (χ4v) is 1.87. The molecule has 0 radical (unpaired) electrons. The summed E-state index contributed by atoms with van der Waals surface area (Å²) in [6.07, 6.45) is 5.01. The van der Waals surface area contributed by atoms with Gasteiger partial charge in [0.2, 0.25) is 5.88 Å². The normalized spacial score (nSPS) is 10.9. The van der Waals surface area contributed by atoms with Gasteiger partial charge >= 0.3 is 0 Å². The summed E-state index contributed by atoms with van der Waals surface area (Å²) < 4.78 is 5.72. The Hall–Kier alpha value is -1.52. The minimum Gasteiger partial charge on any atom is -0.476 e. The minimum atomic E-state index is 0.522. The van der Waals surface area contributed by atoms with Crippen molar-refractivity contribution in [3.63, 3.8) is 0 Å². The number of anilines is 2. The Bertz CT molecular complexity index is 421. The maximum Gasteiger partial charge on any atom is 0.242 e. The lowest BCUT2D eigenvalue weighted by Gasteiger charge is -2.14. The number of ether oxygens (including phenoxy) is 1. The van der Waals surface area contributed by atoms with Crippen molar-refractivity contribution >= 4 is 11.5 Å². The van der Waals surface area contributed by atoms with E-state index in [0.717, 1.165) is 44.5 Å². The molecular formula is C16H30N4O. The van der Waals surface area contributed by atoms with E-state index < -0.39 is 0 Å². The van der Waals surface area contributed by atoms with Gasteiger partial charge in [-0.2, -0.15) is 4.98 Å². The minimum absolute atomic E-state index is 0.522. The molecule has 0 atom stereocenters. The Labute approximate surface area is 128 Å². The van der Waals surface area contributed by atoms with Crippen LogP contribution in [0.2, 0.25) is 0 Å². The van der Waals surface area contributed by atoms with Crippen molar-refractivity contribution in [3.05, 3.63) is 5.82 Å². The number of unbranched alkanes of at least 4 members (excludes halogenated alkanes) is 1. The molecule has 0 unspecified atom stereocenters. The highest BCUT2D eigenvalue weighted by Gasteiger charge is 2.12. The lowest BCUT2D eigenvalue weighted by molar-refractivity contribution is 0.298. The van der Waals surface area contributed by atoms with Crippen LogP contribution in [0.1, 0.15) is 59.2 Å². The van der Waals surface area contributed by atoms with Crippen molar-refractivity contribution < 1.29 is 4.74 Å². The van der Waals surface area contributed by atoms with Crippen molar-refractivity contribution in [1.29, 1.82) is 0 Å². The lowest BCUT2D eigenvalue weighted by Crippen LogP contribution is -2.13. The molecule has 0 bridgehead atoms. The molecule has 0 saturated carbocycles. The van der Waals surface area contributed by atoms with Crippen LogP contribution in [0.4, 0.5) is 11.5 Å². The molecule has 0 saturated heterocycles. The summed E-state index contributed by atoms with van der Waals surface area (Å²) in [6, 6.07) is 0. The molecule has 0 aliphatic heterocycles. The maximum atomic E-state index is 6.13. The molecule has 21 heavy (non-hydrogen) atoms. The average molecular weight is 294 g/mol. The van der Waals surface area contributed by atoms with Gasteiger partial charge in [-0.3, -0.25) is 0 Å². The average Bonchev–Trinajstić information content (AvgIpc) is 2.43. The standard InChI is InChI=1S/C16H30N4O/c1-5-7-11-21-16-14(17)15(18-10-9-12(3)4)19-13(20-16)8-6-2/h12H,5-11,17H2,1-4H3,(H,18,19,20). The molecule has 1 aromatic rings. The molecule has 120 valence electrons. The van der Waals surface area contributed by atoms with Crippen LogP contribution in [0.25, 0.3) is 0 Å². The number of nitrogens with two attached hydrogens (primary N) is 1.